The summed E-state index contributed by atoms with van der Waals surface area (Å²) < 4.78 is 5.73. The monoisotopic (exact) mass is 278 g/mol. The lowest BCUT2D eigenvalue weighted by Crippen LogP contribution is -3.15. The molecule has 0 radical (unpaired) electrons. The summed E-state index contributed by atoms with van der Waals surface area (Å²) in [5.41, 5.74) is 1.12. The molecule has 0 aromatic heterocycles. The van der Waals surface area contributed by atoms with Crippen molar-refractivity contribution in [1.82, 2.24) is 0 Å². The van der Waals surface area contributed by atoms with E-state index in [0.29, 0.717) is 6.61 Å². The normalized spacial score (nSPS) is 28.1. The third kappa shape index (κ3) is 4.50. The Morgan fingerprint density at radius 3 is 2.55 bits per heavy atom. The molecule has 0 unspecified atom stereocenters. The fourth-order valence-corrected chi connectivity index (χ4v) is 3.39. The minimum atomic E-state index is -0.387. The number of hydrogen-bond donors (Lipinski definition) is 2. The molecule has 0 spiro atoms. The highest BCUT2D eigenvalue weighted by molar-refractivity contribution is 5.31. The van der Waals surface area contributed by atoms with Crippen molar-refractivity contribution in [2.75, 3.05) is 26.2 Å². The molecule has 112 valence electrons. The second kappa shape index (κ2) is 7.09. The number of aliphatic hydroxyl groups excluding tert-OH is 1. The molecular formula is C17H28NO2+. The Kier molecular flexibility index (Phi) is 5.44. The number of para-hydroxylation sites is 1. The number of hydrogen-bond acceptors (Lipinski definition) is 2. The van der Waals surface area contributed by atoms with Gasteiger partial charge >= 0.3 is 0 Å². The van der Waals surface area contributed by atoms with Crippen molar-refractivity contribution < 1.29 is 14.7 Å². The van der Waals surface area contributed by atoms with Crippen LogP contribution in [-0.2, 0) is 0 Å². The van der Waals surface area contributed by atoms with Gasteiger partial charge in [0, 0.05) is 11.8 Å². The molecule has 0 bridgehead atoms. The molecule has 0 amide bonds. The zero-order chi connectivity index (χ0) is 14.5. The van der Waals surface area contributed by atoms with Gasteiger partial charge in [0.1, 0.15) is 25.0 Å². The largest absolute Gasteiger partial charge is 0.490 e. The van der Waals surface area contributed by atoms with Gasteiger partial charge in [0.2, 0.25) is 0 Å². The number of rotatable bonds is 5. The topological polar surface area (TPSA) is 33.9 Å². The summed E-state index contributed by atoms with van der Waals surface area (Å²) >= 11 is 0. The Balaban J connectivity index is 1.78. The van der Waals surface area contributed by atoms with Crippen molar-refractivity contribution in [3.8, 4) is 5.75 Å². The van der Waals surface area contributed by atoms with Crippen LogP contribution in [0.4, 0.5) is 0 Å². The molecule has 0 aliphatic carbocycles. The van der Waals surface area contributed by atoms with E-state index in [1.165, 1.54) is 24.4 Å². The van der Waals surface area contributed by atoms with Crippen molar-refractivity contribution in [3.63, 3.8) is 0 Å². The number of aryl methyl sites for hydroxylation is 1. The number of nitrogens with one attached hydrogen (secondary N) is 1. The van der Waals surface area contributed by atoms with E-state index in [-0.39, 0.29) is 6.10 Å². The molecule has 3 atom stereocenters. The highest BCUT2D eigenvalue weighted by Gasteiger charge is 2.26. The van der Waals surface area contributed by atoms with Crippen LogP contribution >= 0.6 is 0 Å². The minimum Gasteiger partial charge on any atom is -0.490 e. The zero-order valence-corrected chi connectivity index (χ0v) is 12.9. The van der Waals surface area contributed by atoms with Gasteiger partial charge in [-0.15, -0.1) is 0 Å². The summed E-state index contributed by atoms with van der Waals surface area (Å²) in [5.74, 6) is 2.40. The Bertz CT molecular complexity index is 411. The van der Waals surface area contributed by atoms with Crippen LogP contribution < -0.4 is 9.64 Å². The fraction of sp³-hybridized carbons (Fsp3) is 0.647. The summed E-state index contributed by atoms with van der Waals surface area (Å²) in [6.07, 6.45) is 0.932. The van der Waals surface area contributed by atoms with Crippen LogP contribution in [0.1, 0.15) is 25.8 Å². The van der Waals surface area contributed by atoms with Gasteiger partial charge < -0.3 is 14.7 Å². The maximum atomic E-state index is 10.2. The van der Waals surface area contributed by atoms with Gasteiger partial charge in [-0.2, -0.15) is 0 Å². The van der Waals surface area contributed by atoms with Crippen molar-refractivity contribution in [1.29, 1.82) is 0 Å². The number of aliphatic hydroxyl groups is 1. The molecule has 1 heterocycles. The molecule has 2 N–H and O–H groups in total. The van der Waals surface area contributed by atoms with Crippen LogP contribution in [0.15, 0.2) is 24.3 Å². The third-order valence-corrected chi connectivity index (χ3v) is 4.13. The number of quaternary nitrogens is 1. The molecule has 0 saturated carbocycles. The molecule has 1 aliphatic rings. The predicted molar refractivity (Wildman–Crippen MR) is 81.2 cm³/mol. The van der Waals surface area contributed by atoms with Crippen LogP contribution in [0.3, 0.4) is 0 Å². The van der Waals surface area contributed by atoms with Crippen LogP contribution in [0, 0.1) is 18.8 Å². The highest BCUT2D eigenvalue weighted by atomic mass is 16.5. The molecule has 1 aromatic carbocycles. The first-order valence-electron chi connectivity index (χ1n) is 7.74. The zero-order valence-electron chi connectivity index (χ0n) is 12.9. The Labute approximate surface area is 122 Å². The van der Waals surface area contributed by atoms with E-state index >= 15 is 0 Å². The highest BCUT2D eigenvalue weighted by Crippen LogP contribution is 2.16. The summed E-state index contributed by atoms with van der Waals surface area (Å²) in [6, 6.07) is 7.95. The van der Waals surface area contributed by atoms with Crippen molar-refractivity contribution in [2.45, 2.75) is 33.3 Å². The van der Waals surface area contributed by atoms with Crippen molar-refractivity contribution >= 4 is 0 Å². The Hall–Kier alpha value is -1.06. The molecule has 2 rings (SSSR count). The smallest absolute Gasteiger partial charge is 0.137 e. The summed E-state index contributed by atoms with van der Waals surface area (Å²) in [7, 11) is 0. The maximum Gasteiger partial charge on any atom is 0.137 e. The standard InChI is InChI=1S/C17H27NO2/c1-13-8-14(2)10-18(9-13)11-16(19)12-20-17-7-5-4-6-15(17)3/h4-7,13-14,16,19H,8-12H2,1-3H3/p+1/t13-,14-,16-/m0/s1. The van der Waals surface area contributed by atoms with E-state index in [1.807, 2.05) is 31.2 Å². The van der Waals surface area contributed by atoms with Crippen LogP contribution in [-0.4, -0.2) is 37.5 Å². The SMILES string of the molecule is Cc1ccccc1OC[C@@H](O)C[NH+]1C[C@@H](C)C[C@H](C)C1. The molecule has 1 fully saturated rings. The number of likely N-dealkylation sites (tertiary alicyclic amines) is 1. The van der Waals surface area contributed by atoms with Gasteiger partial charge in [-0.05, 0) is 25.0 Å². The summed E-state index contributed by atoms with van der Waals surface area (Å²) in [4.78, 5) is 1.51. The predicted octanol–water partition coefficient (Wildman–Crippen LogP) is 1.30. The first-order valence-corrected chi connectivity index (χ1v) is 7.74. The minimum absolute atomic E-state index is 0.386. The van der Waals surface area contributed by atoms with Crippen LogP contribution in [0.5, 0.6) is 5.75 Å². The summed E-state index contributed by atoms with van der Waals surface area (Å²) in [6.45, 7) is 10.2. The maximum absolute atomic E-state index is 10.2. The van der Waals surface area contributed by atoms with Gasteiger partial charge in [0.15, 0.2) is 0 Å². The quantitative estimate of drug-likeness (QED) is 0.851. The first kappa shape index (κ1) is 15.3. The third-order valence-electron chi connectivity index (χ3n) is 4.13. The molecule has 1 aliphatic heterocycles. The van der Waals surface area contributed by atoms with Crippen molar-refractivity contribution in [3.05, 3.63) is 29.8 Å². The lowest BCUT2D eigenvalue weighted by molar-refractivity contribution is -0.915. The van der Waals surface area contributed by atoms with Gasteiger partial charge in [0.25, 0.3) is 0 Å². The number of ether oxygens (including phenoxy) is 1. The van der Waals surface area contributed by atoms with E-state index in [9.17, 15) is 5.11 Å². The second-order valence-corrected chi connectivity index (χ2v) is 6.54. The average molecular weight is 278 g/mol. The van der Waals surface area contributed by atoms with Crippen LogP contribution in [0.25, 0.3) is 0 Å². The van der Waals surface area contributed by atoms with Crippen LogP contribution in [0.2, 0.25) is 0 Å². The molecule has 3 nitrogen and oxygen atoms in total. The fourth-order valence-electron chi connectivity index (χ4n) is 3.39. The van der Waals surface area contributed by atoms with Gasteiger partial charge in [-0.1, -0.05) is 32.0 Å². The Morgan fingerprint density at radius 1 is 1.25 bits per heavy atom. The lowest BCUT2D eigenvalue weighted by Gasteiger charge is -2.33. The summed E-state index contributed by atoms with van der Waals surface area (Å²) in [5, 5.41) is 10.2. The average Bonchev–Trinajstić information content (AvgIpc) is 2.36. The number of piperidine rings is 1. The molecule has 1 aromatic rings. The molecule has 1 saturated heterocycles. The first-order chi connectivity index (χ1) is 9.54. The molecular weight excluding hydrogens is 250 g/mol. The molecule has 20 heavy (non-hydrogen) atoms. The van der Waals surface area contributed by atoms with E-state index in [0.717, 1.165) is 29.7 Å². The van der Waals surface area contributed by atoms with E-state index in [2.05, 4.69) is 13.8 Å². The molecule has 3 heteroatoms. The van der Waals surface area contributed by atoms with Gasteiger partial charge in [0.05, 0.1) is 13.1 Å². The van der Waals surface area contributed by atoms with E-state index in [1.54, 1.807) is 0 Å². The Morgan fingerprint density at radius 2 is 1.90 bits per heavy atom. The number of benzene rings is 1. The van der Waals surface area contributed by atoms with Crippen molar-refractivity contribution in [2.24, 2.45) is 11.8 Å². The second-order valence-electron chi connectivity index (χ2n) is 6.54. The van der Waals surface area contributed by atoms with E-state index in [4.69, 9.17) is 4.74 Å². The van der Waals surface area contributed by atoms with Gasteiger partial charge in [-0.25, -0.2) is 0 Å². The van der Waals surface area contributed by atoms with Gasteiger partial charge in [-0.3, -0.25) is 0 Å². The lowest BCUT2D eigenvalue weighted by atomic mass is 9.92. The van der Waals surface area contributed by atoms with E-state index < -0.39 is 0 Å².